The molecule has 7 nitrogen and oxygen atoms in total. The lowest BCUT2D eigenvalue weighted by Crippen LogP contribution is -2.41. The van der Waals surface area contributed by atoms with Crippen LogP contribution in [0.1, 0.15) is 38.9 Å². The van der Waals surface area contributed by atoms with E-state index in [-0.39, 0.29) is 28.0 Å². The summed E-state index contributed by atoms with van der Waals surface area (Å²) in [6.45, 7) is 0.380. The lowest BCUT2D eigenvalue weighted by molar-refractivity contribution is 0.0931. The molecule has 154 valence electrons. The Morgan fingerprint density at radius 1 is 1.13 bits per heavy atom. The first-order valence-electron chi connectivity index (χ1n) is 9.07. The van der Waals surface area contributed by atoms with Crippen molar-refractivity contribution < 1.29 is 9.59 Å². The van der Waals surface area contributed by atoms with E-state index in [0.29, 0.717) is 34.8 Å². The number of nitrogens with zero attached hydrogens (tertiary/aromatic N) is 4. The summed E-state index contributed by atoms with van der Waals surface area (Å²) in [5, 5.41) is 8.00. The molecule has 4 rings (SSSR count). The average molecular weight is 465 g/mol. The third-order valence-electron chi connectivity index (χ3n) is 4.94. The number of aromatic nitrogens is 3. The van der Waals surface area contributed by atoms with Gasteiger partial charge in [-0.05, 0) is 24.6 Å². The van der Waals surface area contributed by atoms with Crippen LogP contribution in [0.15, 0.2) is 42.7 Å². The van der Waals surface area contributed by atoms with Gasteiger partial charge in [-0.15, -0.1) is 0 Å². The van der Waals surface area contributed by atoms with E-state index in [4.69, 9.17) is 34.8 Å². The van der Waals surface area contributed by atoms with Crippen LogP contribution in [-0.2, 0) is 7.05 Å². The third kappa shape index (κ3) is 3.76. The van der Waals surface area contributed by atoms with Gasteiger partial charge < -0.3 is 10.2 Å². The van der Waals surface area contributed by atoms with Crippen molar-refractivity contribution in [3.05, 3.63) is 74.7 Å². The molecule has 1 unspecified atom stereocenters. The van der Waals surface area contributed by atoms with Crippen LogP contribution in [0.4, 0.5) is 5.69 Å². The number of hydrogen-bond acceptors (Lipinski definition) is 4. The molecular formula is C20H16Cl3N5O2. The van der Waals surface area contributed by atoms with Crippen LogP contribution in [0.25, 0.3) is 0 Å². The number of fused-ring (bicyclic) bond motifs is 1. The van der Waals surface area contributed by atoms with Crippen LogP contribution in [0.2, 0.25) is 15.2 Å². The summed E-state index contributed by atoms with van der Waals surface area (Å²) in [6, 6.07) is 8.01. The number of benzene rings is 1. The predicted molar refractivity (Wildman–Crippen MR) is 115 cm³/mol. The number of halogens is 3. The molecule has 0 spiro atoms. The van der Waals surface area contributed by atoms with Crippen LogP contribution in [0, 0.1) is 0 Å². The Morgan fingerprint density at radius 2 is 1.90 bits per heavy atom. The average Bonchev–Trinajstić information content (AvgIpc) is 3.12. The molecule has 1 aromatic carbocycles. The minimum absolute atomic E-state index is 0.135. The Morgan fingerprint density at radius 3 is 2.63 bits per heavy atom. The van der Waals surface area contributed by atoms with Gasteiger partial charge in [0.1, 0.15) is 5.15 Å². The third-order valence-corrected chi connectivity index (χ3v) is 5.95. The maximum atomic E-state index is 13.1. The number of pyridine rings is 1. The second-order valence-electron chi connectivity index (χ2n) is 6.79. The van der Waals surface area contributed by atoms with Gasteiger partial charge in [0.15, 0.2) is 0 Å². The van der Waals surface area contributed by atoms with E-state index in [0.717, 1.165) is 5.69 Å². The summed E-state index contributed by atoms with van der Waals surface area (Å²) in [5.74, 6) is -0.558. The molecule has 1 atom stereocenters. The molecule has 3 heterocycles. The minimum atomic E-state index is -0.327. The van der Waals surface area contributed by atoms with E-state index < -0.39 is 0 Å². The van der Waals surface area contributed by atoms with Crippen LogP contribution >= 0.6 is 34.8 Å². The molecule has 0 radical (unpaired) electrons. The first-order valence-corrected chi connectivity index (χ1v) is 10.2. The highest BCUT2D eigenvalue weighted by Gasteiger charge is 2.33. The molecule has 10 heteroatoms. The van der Waals surface area contributed by atoms with Crippen molar-refractivity contribution in [2.24, 2.45) is 7.05 Å². The fourth-order valence-electron chi connectivity index (χ4n) is 3.49. The summed E-state index contributed by atoms with van der Waals surface area (Å²) >= 11 is 18.0. The van der Waals surface area contributed by atoms with Gasteiger partial charge >= 0.3 is 0 Å². The smallest absolute Gasteiger partial charge is 0.259 e. The second kappa shape index (κ2) is 8.26. The number of rotatable bonds is 3. The van der Waals surface area contributed by atoms with E-state index in [2.05, 4.69) is 15.4 Å². The summed E-state index contributed by atoms with van der Waals surface area (Å²) in [4.78, 5) is 31.4. The first-order chi connectivity index (χ1) is 14.4. The van der Waals surface area contributed by atoms with Gasteiger partial charge in [0.25, 0.3) is 11.8 Å². The largest absolute Gasteiger partial charge is 0.343 e. The van der Waals surface area contributed by atoms with Crippen molar-refractivity contribution in [1.29, 1.82) is 0 Å². The Balaban J connectivity index is 1.62. The number of hydrogen-bond donors (Lipinski definition) is 1. The van der Waals surface area contributed by atoms with Gasteiger partial charge in [0, 0.05) is 19.8 Å². The molecule has 1 aliphatic heterocycles. The maximum Gasteiger partial charge on any atom is 0.259 e. The van der Waals surface area contributed by atoms with Crippen LogP contribution in [0.3, 0.4) is 0 Å². The second-order valence-corrected chi connectivity index (χ2v) is 7.96. The van der Waals surface area contributed by atoms with Crippen molar-refractivity contribution in [2.45, 2.75) is 12.5 Å². The first kappa shape index (κ1) is 20.7. The molecule has 1 N–H and O–H groups in total. The molecule has 3 aromatic rings. The lowest BCUT2D eigenvalue weighted by atomic mass is 10.0. The van der Waals surface area contributed by atoms with Crippen molar-refractivity contribution in [3.63, 3.8) is 0 Å². The standard InChI is InChI=1S/C20H16Cl3N5O2/c1-27-17-15(26-19(29)12-4-2-3-5-13(12)21)6-7-28(16(17)10-25-27)20(30)11-8-14(22)18(23)24-9-11/h2-5,8-10,15H,6-7H2,1H3,(H,26,29). The Hall–Kier alpha value is -2.61. The topological polar surface area (TPSA) is 80.1 Å². The van der Waals surface area contributed by atoms with Crippen LogP contribution < -0.4 is 10.2 Å². The highest BCUT2D eigenvalue weighted by atomic mass is 35.5. The van der Waals surface area contributed by atoms with Gasteiger partial charge in [-0.25, -0.2) is 4.98 Å². The van der Waals surface area contributed by atoms with Crippen LogP contribution in [-0.4, -0.2) is 33.1 Å². The molecule has 2 amide bonds. The maximum absolute atomic E-state index is 13.1. The fourth-order valence-corrected chi connectivity index (χ4v) is 3.98. The van der Waals surface area contributed by atoms with Crippen LogP contribution in [0.5, 0.6) is 0 Å². The summed E-state index contributed by atoms with van der Waals surface area (Å²) in [7, 11) is 1.77. The van der Waals surface area contributed by atoms with Crippen molar-refractivity contribution in [1.82, 2.24) is 20.1 Å². The number of aryl methyl sites for hydroxylation is 1. The zero-order valence-electron chi connectivity index (χ0n) is 15.8. The monoisotopic (exact) mass is 463 g/mol. The SMILES string of the molecule is Cn1ncc2c1C(NC(=O)c1ccccc1Cl)CCN2C(=O)c1cnc(Cl)c(Cl)c1. The molecule has 30 heavy (non-hydrogen) atoms. The molecule has 1 aliphatic rings. The van der Waals surface area contributed by atoms with Gasteiger partial charge in [0.2, 0.25) is 0 Å². The normalized spacial score (nSPS) is 15.6. The highest BCUT2D eigenvalue weighted by Crippen LogP contribution is 2.35. The quantitative estimate of drug-likeness (QED) is 0.586. The molecule has 2 aromatic heterocycles. The highest BCUT2D eigenvalue weighted by molar-refractivity contribution is 6.41. The number of nitrogens with one attached hydrogen (secondary N) is 1. The molecule has 0 saturated heterocycles. The van der Waals surface area contributed by atoms with E-state index in [1.165, 1.54) is 12.3 Å². The number of anilines is 1. The van der Waals surface area contributed by atoms with E-state index >= 15 is 0 Å². The molecule has 0 fully saturated rings. The predicted octanol–water partition coefficient (Wildman–Crippen LogP) is 4.30. The Bertz CT molecular complexity index is 1150. The van der Waals surface area contributed by atoms with Crippen molar-refractivity contribution >= 4 is 52.3 Å². The molecule has 0 aliphatic carbocycles. The summed E-state index contributed by atoms with van der Waals surface area (Å²) < 4.78 is 1.65. The Labute approximate surface area is 187 Å². The summed E-state index contributed by atoms with van der Waals surface area (Å²) in [6.07, 6.45) is 3.49. The van der Waals surface area contributed by atoms with Gasteiger partial charge in [0.05, 0.1) is 44.8 Å². The zero-order chi connectivity index (χ0) is 21.4. The number of carbonyl (C=O) groups excluding carboxylic acids is 2. The molecular weight excluding hydrogens is 449 g/mol. The molecule has 0 bridgehead atoms. The van der Waals surface area contributed by atoms with Gasteiger partial charge in [-0.1, -0.05) is 46.9 Å². The minimum Gasteiger partial charge on any atom is -0.343 e. The number of carbonyl (C=O) groups is 2. The van der Waals surface area contributed by atoms with E-state index in [9.17, 15) is 9.59 Å². The number of amides is 2. The summed E-state index contributed by atoms with van der Waals surface area (Å²) in [5.41, 5.74) is 2.05. The van der Waals surface area contributed by atoms with Crippen molar-refractivity contribution in [3.8, 4) is 0 Å². The van der Waals surface area contributed by atoms with Gasteiger partial charge in [-0.2, -0.15) is 5.10 Å². The van der Waals surface area contributed by atoms with E-state index in [1.54, 1.807) is 47.1 Å². The Kier molecular flexibility index (Phi) is 5.69. The lowest BCUT2D eigenvalue weighted by Gasteiger charge is -2.32. The van der Waals surface area contributed by atoms with Gasteiger partial charge in [-0.3, -0.25) is 14.3 Å². The van der Waals surface area contributed by atoms with E-state index in [1.807, 2.05) is 0 Å². The van der Waals surface area contributed by atoms with Crippen molar-refractivity contribution in [2.75, 3.05) is 11.4 Å². The molecule has 0 saturated carbocycles. The zero-order valence-corrected chi connectivity index (χ0v) is 18.0. The fraction of sp³-hybridized carbons (Fsp3) is 0.200.